The Bertz CT molecular complexity index is 423. The van der Waals surface area contributed by atoms with Gasteiger partial charge in [0.2, 0.25) is 11.9 Å². The molecule has 1 amide bonds. The summed E-state index contributed by atoms with van der Waals surface area (Å²) >= 11 is 0. The van der Waals surface area contributed by atoms with E-state index in [9.17, 15) is 4.79 Å². The Morgan fingerprint density at radius 3 is 3.17 bits per heavy atom. The highest BCUT2D eigenvalue weighted by atomic mass is 16.2. The number of amides is 1. The summed E-state index contributed by atoms with van der Waals surface area (Å²) in [7, 11) is 1.78. The maximum atomic E-state index is 12.1. The van der Waals surface area contributed by atoms with Crippen LogP contribution >= 0.6 is 0 Å². The Morgan fingerprint density at radius 1 is 1.61 bits per heavy atom. The molecule has 1 aliphatic rings. The molecule has 6 nitrogen and oxygen atoms in total. The standard InChI is InChI=1S/C12H19N5O/c1-14-8-11(18)17-7-3-2-4-10(17)9-5-6-15-12(13)16-9/h5-6,10,14H,2-4,7-8H2,1H3,(H2,13,15,16)/t10-/m1/s1. The van der Waals surface area contributed by atoms with Gasteiger partial charge >= 0.3 is 0 Å². The molecular weight excluding hydrogens is 230 g/mol. The van der Waals surface area contributed by atoms with Gasteiger partial charge in [0, 0.05) is 12.7 Å². The van der Waals surface area contributed by atoms with Crippen LogP contribution in [0.4, 0.5) is 5.95 Å². The number of nitrogen functional groups attached to an aromatic ring is 1. The van der Waals surface area contributed by atoms with Gasteiger partial charge in [0.15, 0.2) is 0 Å². The average molecular weight is 249 g/mol. The molecule has 1 aromatic rings. The Kier molecular flexibility index (Phi) is 4.09. The highest BCUT2D eigenvalue weighted by Crippen LogP contribution is 2.29. The van der Waals surface area contributed by atoms with E-state index in [2.05, 4.69) is 15.3 Å². The fraction of sp³-hybridized carbons (Fsp3) is 0.583. The molecule has 18 heavy (non-hydrogen) atoms. The van der Waals surface area contributed by atoms with E-state index in [0.29, 0.717) is 6.54 Å². The predicted octanol–water partition coefficient (Wildman–Crippen LogP) is 0.332. The molecule has 1 atom stereocenters. The van der Waals surface area contributed by atoms with Crippen molar-refractivity contribution in [3.8, 4) is 0 Å². The zero-order chi connectivity index (χ0) is 13.0. The molecule has 98 valence electrons. The van der Waals surface area contributed by atoms with Crippen LogP contribution in [0.2, 0.25) is 0 Å². The summed E-state index contributed by atoms with van der Waals surface area (Å²) in [6.07, 6.45) is 4.74. The molecule has 0 unspecified atom stereocenters. The lowest BCUT2D eigenvalue weighted by atomic mass is 9.99. The smallest absolute Gasteiger partial charge is 0.237 e. The maximum Gasteiger partial charge on any atom is 0.237 e. The van der Waals surface area contributed by atoms with Crippen molar-refractivity contribution < 1.29 is 4.79 Å². The van der Waals surface area contributed by atoms with Crippen LogP contribution in [0.15, 0.2) is 12.3 Å². The third-order valence-electron chi connectivity index (χ3n) is 3.19. The molecule has 6 heteroatoms. The lowest BCUT2D eigenvalue weighted by Gasteiger charge is -2.35. The number of anilines is 1. The van der Waals surface area contributed by atoms with Crippen molar-refractivity contribution >= 4 is 11.9 Å². The van der Waals surface area contributed by atoms with Crippen molar-refractivity contribution in [2.24, 2.45) is 0 Å². The van der Waals surface area contributed by atoms with E-state index >= 15 is 0 Å². The first kappa shape index (κ1) is 12.8. The molecule has 0 saturated carbocycles. The largest absolute Gasteiger partial charge is 0.368 e. The minimum absolute atomic E-state index is 0.0323. The van der Waals surface area contributed by atoms with Crippen molar-refractivity contribution in [1.82, 2.24) is 20.2 Å². The minimum Gasteiger partial charge on any atom is -0.368 e. The molecule has 0 spiro atoms. The fourth-order valence-corrected chi connectivity index (χ4v) is 2.36. The molecule has 3 N–H and O–H groups in total. The predicted molar refractivity (Wildman–Crippen MR) is 68.7 cm³/mol. The summed E-state index contributed by atoms with van der Waals surface area (Å²) < 4.78 is 0. The van der Waals surface area contributed by atoms with E-state index < -0.39 is 0 Å². The average Bonchev–Trinajstić information content (AvgIpc) is 2.39. The number of nitrogens with zero attached hydrogens (tertiary/aromatic N) is 3. The van der Waals surface area contributed by atoms with Crippen LogP contribution in [0.1, 0.15) is 31.0 Å². The molecule has 1 saturated heterocycles. The third-order valence-corrected chi connectivity index (χ3v) is 3.19. The molecule has 0 aromatic carbocycles. The molecule has 1 aromatic heterocycles. The third kappa shape index (κ3) is 2.76. The number of hydrogen-bond donors (Lipinski definition) is 2. The van der Waals surface area contributed by atoms with Crippen LogP contribution in [0.25, 0.3) is 0 Å². The highest BCUT2D eigenvalue weighted by molar-refractivity contribution is 5.78. The lowest BCUT2D eigenvalue weighted by Crippen LogP contribution is -2.42. The van der Waals surface area contributed by atoms with Crippen molar-refractivity contribution in [2.75, 3.05) is 25.9 Å². The first-order valence-electron chi connectivity index (χ1n) is 6.25. The van der Waals surface area contributed by atoms with Gasteiger partial charge in [-0.1, -0.05) is 0 Å². The van der Waals surface area contributed by atoms with E-state index in [4.69, 9.17) is 5.73 Å². The lowest BCUT2D eigenvalue weighted by molar-refractivity contribution is -0.134. The van der Waals surface area contributed by atoms with Gasteiger partial charge in [0.1, 0.15) is 0 Å². The minimum atomic E-state index is 0.0323. The Labute approximate surface area is 107 Å². The van der Waals surface area contributed by atoms with E-state index in [1.165, 1.54) is 0 Å². The number of carbonyl (C=O) groups excluding carboxylic acids is 1. The molecular formula is C12H19N5O. The zero-order valence-electron chi connectivity index (χ0n) is 10.6. The normalized spacial score (nSPS) is 19.8. The summed E-state index contributed by atoms with van der Waals surface area (Å²) in [6, 6.07) is 1.87. The number of aromatic nitrogens is 2. The van der Waals surface area contributed by atoms with E-state index in [-0.39, 0.29) is 17.9 Å². The van der Waals surface area contributed by atoms with E-state index in [0.717, 1.165) is 31.5 Å². The van der Waals surface area contributed by atoms with Crippen LogP contribution in [-0.4, -0.2) is 40.9 Å². The molecule has 1 fully saturated rings. The van der Waals surface area contributed by atoms with E-state index in [1.54, 1.807) is 13.2 Å². The van der Waals surface area contributed by atoms with Crippen LogP contribution in [-0.2, 0) is 4.79 Å². The monoisotopic (exact) mass is 249 g/mol. The van der Waals surface area contributed by atoms with Gasteiger partial charge in [-0.15, -0.1) is 0 Å². The summed E-state index contributed by atoms with van der Waals surface area (Å²) in [4.78, 5) is 22.1. The molecule has 0 radical (unpaired) electrons. The quantitative estimate of drug-likeness (QED) is 0.806. The second kappa shape index (κ2) is 5.77. The SMILES string of the molecule is CNCC(=O)N1CCCC[C@@H]1c1ccnc(N)n1. The second-order valence-electron chi connectivity index (χ2n) is 4.47. The molecule has 1 aliphatic heterocycles. The second-order valence-corrected chi connectivity index (χ2v) is 4.47. The van der Waals surface area contributed by atoms with Crippen molar-refractivity contribution in [3.63, 3.8) is 0 Å². The van der Waals surface area contributed by atoms with Crippen LogP contribution in [0.3, 0.4) is 0 Å². The van der Waals surface area contributed by atoms with Gasteiger partial charge in [-0.05, 0) is 32.4 Å². The van der Waals surface area contributed by atoms with Crippen molar-refractivity contribution in [3.05, 3.63) is 18.0 Å². The molecule has 2 heterocycles. The van der Waals surface area contributed by atoms with Crippen molar-refractivity contribution in [2.45, 2.75) is 25.3 Å². The van der Waals surface area contributed by atoms with Crippen LogP contribution in [0, 0.1) is 0 Å². The Hall–Kier alpha value is -1.69. The topological polar surface area (TPSA) is 84.1 Å². The van der Waals surface area contributed by atoms with E-state index in [1.807, 2.05) is 11.0 Å². The molecule has 0 bridgehead atoms. The number of hydrogen-bond acceptors (Lipinski definition) is 5. The fourth-order valence-electron chi connectivity index (χ4n) is 2.36. The first-order valence-corrected chi connectivity index (χ1v) is 6.25. The number of nitrogens with two attached hydrogens (primary N) is 1. The highest BCUT2D eigenvalue weighted by Gasteiger charge is 2.28. The van der Waals surface area contributed by atoms with Crippen LogP contribution in [0.5, 0.6) is 0 Å². The Morgan fingerprint density at radius 2 is 2.44 bits per heavy atom. The molecule has 0 aliphatic carbocycles. The van der Waals surface area contributed by atoms with Gasteiger partial charge in [-0.3, -0.25) is 4.79 Å². The number of likely N-dealkylation sites (tertiary alicyclic amines) is 1. The van der Waals surface area contributed by atoms with Gasteiger partial charge in [0.05, 0.1) is 18.3 Å². The van der Waals surface area contributed by atoms with Crippen molar-refractivity contribution in [1.29, 1.82) is 0 Å². The number of nitrogens with one attached hydrogen (secondary N) is 1. The summed E-state index contributed by atoms with van der Waals surface area (Å²) in [5.74, 6) is 0.374. The summed E-state index contributed by atoms with van der Waals surface area (Å²) in [5.41, 5.74) is 6.45. The first-order chi connectivity index (χ1) is 8.72. The number of rotatable bonds is 3. The van der Waals surface area contributed by atoms with Crippen LogP contribution < -0.4 is 11.1 Å². The number of carbonyl (C=O) groups is 1. The zero-order valence-corrected chi connectivity index (χ0v) is 10.6. The summed E-state index contributed by atoms with van der Waals surface area (Å²) in [5, 5.41) is 2.90. The number of piperidine rings is 1. The maximum absolute atomic E-state index is 12.1. The van der Waals surface area contributed by atoms with Gasteiger partial charge in [-0.25, -0.2) is 9.97 Å². The van der Waals surface area contributed by atoms with Gasteiger partial charge < -0.3 is 16.0 Å². The summed E-state index contributed by atoms with van der Waals surface area (Å²) in [6.45, 7) is 1.14. The van der Waals surface area contributed by atoms with Gasteiger partial charge in [-0.2, -0.15) is 0 Å². The van der Waals surface area contributed by atoms with Gasteiger partial charge in [0.25, 0.3) is 0 Å². The molecule has 2 rings (SSSR count). The number of likely N-dealkylation sites (N-methyl/N-ethyl adjacent to an activating group) is 1. The Balaban J connectivity index is 2.20.